The highest BCUT2D eigenvalue weighted by atomic mass is 32.1. The molecule has 0 saturated heterocycles. The Kier molecular flexibility index (Phi) is 6.58. The molecule has 11 heteroatoms. The van der Waals surface area contributed by atoms with E-state index < -0.39 is 17.4 Å². The minimum atomic E-state index is -1.13. The van der Waals surface area contributed by atoms with Gasteiger partial charge >= 0.3 is 6.03 Å². The van der Waals surface area contributed by atoms with Crippen LogP contribution in [-0.4, -0.2) is 40.2 Å². The van der Waals surface area contributed by atoms with Crippen molar-refractivity contribution in [3.8, 4) is 21.1 Å². The highest BCUT2D eigenvalue weighted by molar-refractivity contribution is 7.23. The molecule has 0 spiro atoms. The molecule has 3 rings (SSSR count). The summed E-state index contributed by atoms with van der Waals surface area (Å²) in [5, 5.41) is 20.9. The highest BCUT2D eigenvalue weighted by Gasteiger charge is 2.29. The number of aliphatic hydroxyl groups is 1. The van der Waals surface area contributed by atoms with Crippen molar-refractivity contribution >= 4 is 51.2 Å². The third kappa shape index (κ3) is 5.37. The molecule has 2 aromatic heterocycles. The smallest absolute Gasteiger partial charge is 0.320 e. The number of nitrogens with zero attached hydrogens (tertiary/aromatic N) is 2. The molecule has 1 unspecified atom stereocenters. The van der Waals surface area contributed by atoms with Gasteiger partial charge in [-0.3, -0.25) is 10.1 Å². The summed E-state index contributed by atoms with van der Waals surface area (Å²) in [5.74, 6) is -0.174. The number of thiazole rings is 2. The van der Waals surface area contributed by atoms with Gasteiger partial charge in [-0.25, -0.2) is 14.8 Å². The summed E-state index contributed by atoms with van der Waals surface area (Å²) in [4.78, 5) is 33.2. The fraction of sp³-hybridized carbons (Fsp3) is 0.300. The van der Waals surface area contributed by atoms with Gasteiger partial charge in [-0.05, 0) is 17.5 Å². The van der Waals surface area contributed by atoms with Gasteiger partial charge in [-0.1, -0.05) is 44.2 Å². The molecule has 0 radical (unpaired) electrons. The number of nitrogens with one attached hydrogen (secondary N) is 3. The zero-order valence-corrected chi connectivity index (χ0v) is 19.1. The molecule has 0 aliphatic carbocycles. The van der Waals surface area contributed by atoms with Crippen LogP contribution >= 0.6 is 22.7 Å². The van der Waals surface area contributed by atoms with E-state index in [9.17, 15) is 14.7 Å². The summed E-state index contributed by atoms with van der Waals surface area (Å²) < 4.78 is 0. The lowest BCUT2D eigenvalue weighted by molar-refractivity contribution is -0.129. The van der Waals surface area contributed by atoms with Gasteiger partial charge in [0.25, 0.3) is 5.91 Å². The molecule has 0 aliphatic heterocycles. The average Bonchev–Trinajstić information content (AvgIpc) is 3.33. The zero-order chi connectivity index (χ0) is 22.8. The van der Waals surface area contributed by atoms with Gasteiger partial charge in [0.05, 0.1) is 5.69 Å². The van der Waals surface area contributed by atoms with Crippen LogP contribution in [0.3, 0.4) is 0 Å². The minimum absolute atomic E-state index is 0.287. The second-order valence-electron chi connectivity index (χ2n) is 7.81. The Hall–Kier alpha value is -3.02. The van der Waals surface area contributed by atoms with Crippen LogP contribution in [0.15, 0.2) is 29.6 Å². The zero-order valence-electron chi connectivity index (χ0n) is 17.5. The number of aromatic nitrogens is 2. The van der Waals surface area contributed by atoms with Crippen molar-refractivity contribution in [2.24, 2.45) is 5.41 Å². The summed E-state index contributed by atoms with van der Waals surface area (Å²) in [6.07, 6.45) is -1.13. The van der Waals surface area contributed by atoms with E-state index in [1.54, 1.807) is 39.0 Å². The first-order valence-corrected chi connectivity index (χ1v) is 11.1. The molecule has 0 aliphatic rings. The van der Waals surface area contributed by atoms with Crippen molar-refractivity contribution in [1.82, 2.24) is 15.3 Å². The van der Waals surface area contributed by atoms with Gasteiger partial charge in [0.15, 0.2) is 5.13 Å². The molecule has 3 amide bonds. The van der Waals surface area contributed by atoms with Gasteiger partial charge in [-0.2, -0.15) is 0 Å². The van der Waals surface area contributed by atoms with Crippen LogP contribution in [0.25, 0.3) is 21.1 Å². The maximum Gasteiger partial charge on any atom is 0.320 e. The topological polar surface area (TPSA) is 142 Å². The molecule has 31 heavy (non-hydrogen) atoms. The van der Waals surface area contributed by atoms with Gasteiger partial charge in [0, 0.05) is 23.7 Å². The summed E-state index contributed by atoms with van der Waals surface area (Å²) in [7, 11) is 1.51. The molecule has 3 aromatic rings. The number of nitrogens with two attached hydrogens (primary N) is 1. The Morgan fingerprint density at radius 1 is 1.19 bits per heavy atom. The number of carbonyl (C=O) groups is 2. The normalized spacial score (nSPS) is 12.3. The maximum atomic E-state index is 12.3. The Morgan fingerprint density at radius 3 is 2.61 bits per heavy atom. The van der Waals surface area contributed by atoms with Gasteiger partial charge in [-0.15, -0.1) is 11.3 Å². The third-order valence-corrected chi connectivity index (χ3v) is 6.28. The lowest BCUT2D eigenvalue weighted by Crippen LogP contribution is -2.38. The van der Waals surface area contributed by atoms with E-state index in [-0.39, 0.29) is 11.8 Å². The molecule has 0 saturated carbocycles. The summed E-state index contributed by atoms with van der Waals surface area (Å²) in [6, 6.07) is 6.85. The van der Waals surface area contributed by atoms with Crippen molar-refractivity contribution in [2.45, 2.75) is 26.9 Å². The number of aliphatic hydroxyl groups excluding tert-OH is 1. The van der Waals surface area contributed by atoms with Gasteiger partial charge < -0.3 is 21.5 Å². The number of rotatable bonds is 5. The number of benzene rings is 1. The second-order valence-corrected chi connectivity index (χ2v) is 9.67. The first kappa shape index (κ1) is 22.7. The molecular formula is C20H24N6O3S2. The quantitative estimate of drug-likeness (QED) is 0.394. The Balaban J connectivity index is 1.80. The molecule has 9 nitrogen and oxygen atoms in total. The van der Waals surface area contributed by atoms with Crippen LogP contribution in [0.1, 0.15) is 20.8 Å². The molecule has 1 aromatic carbocycles. The Bertz CT molecular complexity index is 1100. The van der Waals surface area contributed by atoms with Crippen molar-refractivity contribution in [3.05, 3.63) is 29.6 Å². The van der Waals surface area contributed by atoms with Crippen LogP contribution in [-0.2, 0) is 4.79 Å². The van der Waals surface area contributed by atoms with Crippen molar-refractivity contribution in [2.75, 3.05) is 23.4 Å². The van der Waals surface area contributed by atoms with Crippen LogP contribution in [0.5, 0.6) is 0 Å². The van der Waals surface area contributed by atoms with E-state index in [1.807, 2.05) is 11.4 Å². The van der Waals surface area contributed by atoms with E-state index in [4.69, 9.17) is 5.73 Å². The number of urea groups is 1. The summed E-state index contributed by atoms with van der Waals surface area (Å²) >= 11 is 2.64. The molecule has 0 fully saturated rings. The first-order chi connectivity index (χ1) is 14.6. The first-order valence-electron chi connectivity index (χ1n) is 9.39. The third-order valence-electron chi connectivity index (χ3n) is 4.29. The number of amides is 3. The van der Waals surface area contributed by atoms with E-state index in [0.717, 1.165) is 5.56 Å². The SMILES string of the molecule is CNC(=O)Nc1nc(N)c(-c2nc(-c3cccc(NC(=O)C(O)C(C)(C)C)c3)cs2)s1. The van der Waals surface area contributed by atoms with E-state index >= 15 is 0 Å². The van der Waals surface area contributed by atoms with E-state index in [2.05, 4.69) is 25.9 Å². The highest BCUT2D eigenvalue weighted by Crippen LogP contribution is 2.38. The maximum absolute atomic E-state index is 12.3. The second kappa shape index (κ2) is 9.00. The van der Waals surface area contributed by atoms with Crippen molar-refractivity contribution in [1.29, 1.82) is 0 Å². The van der Waals surface area contributed by atoms with Crippen molar-refractivity contribution < 1.29 is 14.7 Å². The monoisotopic (exact) mass is 460 g/mol. The lowest BCUT2D eigenvalue weighted by atomic mass is 9.88. The fourth-order valence-corrected chi connectivity index (χ4v) is 4.38. The number of hydrogen-bond donors (Lipinski definition) is 5. The Morgan fingerprint density at radius 2 is 1.94 bits per heavy atom. The lowest BCUT2D eigenvalue weighted by Gasteiger charge is -2.24. The Labute approximate surface area is 187 Å². The van der Waals surface area contributed by atoms with Crippen LogP contribution in [0.2, 0.25) is 0 Å². The average molecular weight is 461 g/mol. The predicted molar refractivity (Wildman–Crippen MR) is 125 cm³/mol. The molecule has 1 atom stereocenters. The largest absolute Gasteiger partial charge is 0.383 e. The standard InChI is InChI=1S/C20H24N6O3S2/c1-20(2,3)14(27)16(28)23-11-7-5-6-10(8-11)12-9-30-17(24-12)13-15(21)25-19(31-13)26-18(29)22-4/h5-9,14,27H,21H2,1-4H3,(H,23,28)(H2,22,25,26,29). The molecular weight excluding hydrogens is 436 g/mol. The molecule has 164 valence electrons. The predicted octanol–water partition coefficient (Wildman–Crippen LogP) is 3.61. The molecule has 0 bridgehead atoms. The van der Waals surface area contributed by atoms with Gasteiger partial charge in [0.2, 0.25) is 0 Å². The number of nitrogen functional groups attached to an aromatic ring is 1. The molecule has 6 N–H and O–H groups in total. The van der Waals surface area contributed by atoms with E-state index in [1.165, 1.54) is 29.7 Å². The molecule has 2 heterocycles. The van der Waals surface area contributed by atoms with Crippen LogP contribution < -0.4 is 21.7 Å². The van der Waals surface area contributed by atoms with Crippen molar-refractivity contribution in [3.63, 3.8) is 0 Å². The van der Waals surface area contributed by atoms with Crippen LogP contribution in [0, 0.1) is 5.41 Å². The summed E-state index contributed by atoms with van der Waals surface area (Å²) in [6.45, 7) is 5.39. The number of carbonyl (C=O) groups excluding carboxylic acids is 2. The summed E-state index contributed by atoms with van der Waals surface area (Å²) in [5.41, 5.74) is 7.52. The van der Waals surface area contributed by atoms with E-state index in [0.29, 0.717) is 26.4 Å². The number of hydrogen-bond acceptors (Lipinski definition) is 8. The fourth-order valence-electron chi connectivity index (χ4n) is 2.57. The van der Waals surface area contributed by atoms with Crippen LogP contribution in [0.4, 0.5) is 21.4 Å². The van der Waals surface area contributed by atoms with Gasteiger partial charge in [0.1, 0.15) is 21.8 Å². The number of anilines is 3. The minimum Gasteiger partial charge on any atom is -0.383 e.